The summed E-state index contributed by atoms with van der Waals surface area (Å²) in [5.41, 5.74) is 8.19. The molecule has 0 atom stereocenters. The molecule has 0 unspecified atom stereocenters. The third-order valence-electron chi connectivity index (χ3n) is 11.7. The third-order valence-corrected chi connectivity index (χ3v) is 28.9. The molecule has 0 radical (unpaired) electrons. The summed E-state index contributed by atoms with van der Waals surface area (Å²) in [5.74, 6) is 0. The second kappa shape index (κ2) is 13.5. The van der Waals surface area contributed by atoms with Crippen molar-refractivity contribution in [2.45, 2.75) is 65.2 Å². The number of halogens is 4. The third kappa shape index (κ3) is 5.60. The van der Waals surface area contributed by atoms with Crippen LogP contribution in [0.4, 0.5) is 0 Å². The molecule has 52 heavy (non-hydrogen) atoms. The molecule has 6 aromatic rings. The average Bonchev–Trinajstić information content (AvgIpc) is 3.76. The normalized spacial score (nSPS) is 14.1. The summed E-state index contributed by atoms with van der Waals surface area (Å²) >= 11 is 8.76. The topological polar surface area (TPSA) is 0 Å². The fourth-order valence-corrected chi connectivity index (χ4v) is 27.9. The van der Waals surface area contributed by atoms with E-state index < -0.39 is 18.3 Å². The van der Waals surface area contributed by atoms with Crippen LogP contribution < -0.4 is 9.81 Å². The van der Waals surface area contributed by atoms with Crippen molar-refractivity contribution in [1.29, 1.82) is 0 Å². The van der Waals surface area contributed by atoms with E-state index in [9.17, 15) is 0 Å². The summed E-state index contributed by atoms with van der Waals surface area (Å²) in [6.07, 6.45) is 8.74. The molecule has 0 aromatic heterocycles. The van der Waals surface area contributed by atoms with E-state index in [1.54, 1.807) is 0 Å². The Labute approximate surface area is 332 Å². The van der Waals surface area contributed by atoms with Gasteiger partial charge in [-0.15, -0.1) is 24.8 Å². The number of benzene rings is 6. The van der Waals surface area contributed by atoms with Gasteiger partial charge in [-0.1, -0.05) is 0 Å². The first-order chi connectivity index (χ1) is 23.7. The first-order valence-corrected chi connectivity index (χ1v) is 25.2. The zero-order chi connectivity index (χ0) is 35.2. The second-order valence-electron chi connectivity index (χ2n) is 16.6. The molecule has 0 saturated heterocycles. The van der Waals surface area contributed by atoms with Gasteiger partial charge in [0.25, 0.3) is 0 Å². The van der Waals surface area contributed by atoms with Crippen molar-refractivity contribution < 1.29 is 18.3 Å². The van der Waals surface area contributed by atoms with Gasteiger partial charge in [0.15, 0.2) is 0 Å². The molecule has 6 aromatic carbocycles. The van der Waals surface area contributed by atoms with Gasteiger partial charge >= 0.3 is 310 Å². The monoisotopic (exact) mass is 840 g/mol. The van der Waals surface area contributed by atoms with Crippen LogP contribution in [0.15, 0.2) is 125 Å². The predicted molar refractivity (Wildman–Crippen MR) is 232 cm³/mol. The Hall–Kier alpha value is -2.77. The minimum atomic E-state index is -5.36. The molecule has 0 spiro atoms. The molecule has 0 N–H and O–H groups in total. The van der Waals surface area contributed by atoms with Crippen LogP contribution in [-0.4, -0.2) is 4.21 Å². The molecule has 0 aliphatic heterocycles. The number of allylic oxidation sites excluding steroid dienone is 4. The van der Waals surface area contributed by atoms with Gasteiger partial charge in [-0.25, -0.2) is 0 Å². The molecular weight excluding hydrogens is 798 g/mol. The van der Waals surface area contributed by atoms with Crippen LogP contribution in [0.3, 0.4) is 0 Å². The number of fused-ring (bicyclic) bond motifs is 5. The van der Waals surface area contributed by atoms with Gasteiger partial charge in [-0.2, -0.15) is 0 Å². The van der Waals surface area contributed by atoms with E-state index in [2.05, 4.69) is 151 Å². The quantitative estimate of drug-likeness (QED) is 0.166. The number of rotatable bonds is 4. The SMILES string of the molecule is Cl.Cl.[CH2]=[Zr]([C]1=CC=CC1)([c]1c(C(C)(C)C)ccc2c1Cc1cc(C(C)(C)C)ccc1-2)([c]1cccc2c(Cl)cccc12)[c]1cccc2c(Cl)cccc12. The standard InChI is InChI=1S/C21H25.2C10H6Cl.C5H5.CH2.2ClH.Zr/c1-20(2,3)16-7-9-18-14(12-16)11-15-13-17(21(4,5)6)8-10-19(15)18;2*11-10-7-3-5-8-4-1-2-6-9(8)10;1-2-4-5-3-1;;;;/h7-10,12H,11H2,1-6H3;2*1-3,5-7H;1-3H,4H2;1H2;2*1H;. The molecule has 5 heteroatoms. The van der Waals surface area contributed by atoms with E-state index in [0.29, 0.717) is 0 Å². The number of hydrogen-bond donors (Lipinski definition) is 0. The van der Waals surface area contributed by atoms with Crippen molar-refractivity contribution in [3.05, 3.63) is 157 Å². The fourth-order valence-electron chi connectivity index (χ4n) is 9.28. The van der Waals surface area contributed by atoms with Crippen LogP contribution in [0.2, 0.25) is 10.0 Å². The Morgan fingerprint density at radius 1 is 0.615 bits per heavy atom. The van der Waals surface area contributed by atoms with E-state index in [4.69, 9.17) is 27.4 Å². The summed E-state index contributed by atoms with van der Waals surface area (Å²) in [6, 6.07) is 38.4. The fraction of sp³-hybridized carbons (Fsp3) is 0.213. The molecule has 0 saturated carbocycles. The molecule has 266 valence electrons. The Kier molecular flexibility index (Phi) is 10.1. The van der Waals surface area contributed by atoms with Crippen molar-refractivity contribution >= 4 is 83.6 Å². The zero-order valence-corrected chi connectivity index (χ0v) is 36.3. The molecule has 2 aliphatic rings. The number of hydrogen-bond acceptors (Lipinski definition) is 0. The van der Waals surface area contributed by atoms with E-state index in [1.807, 2.05) is 12.1 Å². The van der Waals surface area contributed by atoms with E-state index in [-0.39, 0.29) is 35.6 Å². The Morgan fingerprint density at radius 3 is 1.67 bits per heavy atom. The van der Waals surface area contributed by atoms with Crippen molar-refractivity contribution in [2.24, 2.45) is 0 Å². The minimum absolute atomic E-state index is 0. The van der Waals surface area contributed by atoms with E-state index in [0.717, 1.165) is 33.7 Å². The maximum atomic E-state index is 7.06. The van der Waals surface area contributed by atoms with Crippen LogP contribution >= 0.6 is 48.0 Å². The predicted octanol–water partition coefficient (Wildman–Crippen LogP) is 12.6. The van der Waals surface area contributed by atoms with Crippen LogP contribution in [0.1, 0.15) is 70.2 Å². The summed E-state index contributed by atoms with van der Waals surface area (Å²) < 4.78 is 11.5. The second-order valence-corrected chi connectivity index (χ2v) is 30.1. The van der Waals surface area contributed by atoms with Gasteiger partial charge in [0.2, 0.25) is 0 Å². The molecule has 8 rings (SSSR count). The first kappa shape index (κ1) is 38.9. The molecule has 0 heterocycles. The van der Waals surface area contributed by atoms with Gasteiger partial charge in [0.05, 0.1) is 0 Å². The molecular formula is C47H46Cl4Zr. The molecule has 2 aliphatic carbocycles. The summed E-state index contributed by atoms with van der Waals surface area (Å²) in [4.78, 5) is 0. The van der Waals surface area contributed by atoms with Crippen molar-refractivity contribution in [3.63, 3.8) is 0 Å². The summed E-state index contributed by atoms with van der Waals surface area (Å²) in [6.45, 7) is 14.0. The molecule has 0 nitrogen and oxygen atoms in total. The van der Waals surface area contributed by atoms with Gasteiger partial charge < -0.3 is 0 Å². The zero-order valence-electron chi connectivity index (χ0n) is 30.7. The summed E-state index contributed by atoms with van der Waals surface area (Å²) in [5, 5.41) is 6.06. The average molecular weight is 844 g/mol. The molecule has 0 fully saturated rings. The van der Waals surface area contributed by atoms with Gasteiger partial charge in [-0.05, 0) is 0 Å². The first-order valence-electron chi connectivity index (χ1n) is 17.8. The Bertz CT molecular complexity index is 2450. The van der Waals surface area contributed by atoms with Crippen LogP contribution in [0, 0.1) is 0 Å². The van der Waals surface area contributed by atoms with Gasteiger partial charge in [0, 0.05) is 0 Å². The van der Waals surface area contributed by atoms with Crippen LogP contribution in [0.5, 0.6) is 0 Å². The van der Waals surface area contributed by atoms with Gasteiger partial charge in [0.1, 0.15) is 0 Å². The van der Waals surface area contributed by atoms with Crippen LogP contribution in [0.25, 0.3) is 32.7 Å². The Balaban J connectivity index is 0.00000232. The van der Waals surface area contributed by atoms with Crippen molar-refractivity contribution in [1.82, 2.24) is 0 Å². The molecule has 0 amide bonds. The summed E-state index contributed by atoms with van der Waals surface area (Å²) in [7, 11) is 0. The molecule has 0 bridgehead atoms. The van der Waals surface area contributed by atoms with E-state index >= 15 is 0 Å². The van der Waals surface area contributed by atoms with Crippen molar-refractivity contribution in [3.8, 4) is 11.1 Å². The maximum absolute atomic E-state index is 7.06. The Morgan fingerprint density at radius 2 is 1.15 bits per heavy atom. The van der Waals surface area contributed by atoms with E-state index in [1.165, 1.54) is 57.2 Å². The van der Waals surface area contributed by atoms with Crippen LogP contribution in [-0.2, 0) is 35.5 Å². The van der Waals surface area contributed by atoms with Gasteiger partial charge in [-0.3, -0.25) is 0 Å². The van der Waals surface area contributed by atoms with Crippen molar-refractivity contribution in [2.75, 3.05) is 0 Å².